The zero-order valence-electron chi connectivity index (χ0n) is 14.6. The minimum Gasteiger partial charge on any atom is -0.348 e. The van der Waals surface area contributed by atoms with E-state index in [1.54, 1.807) is 23.3 Å². The molecule has 0 radical (unpaired) electrons. The fourth-order valence-electron chi connectivity index (χ4n) is 3.27. The van der Waals surface area contributed by atoms with E-state index < -0.39 is 0 Å². The molecule has 4 rings (SSSR count). The van der Waals surface area contributed by atoms with Gasteiger partial charge in [0.05, 0.1) is 6.04 Å². The van der Waals surface area contributed by atoms with E-state index in [1.807, 2.05) is 31.3 Å². The molecule has 0 bridgehead atoms. The van der Waals surface area contributed by atoms with Crippen molar-refractivity contribution in [3.63, 3.8) is 0 Å². The highest BCUT2D eigenvalue weighted by Gasteiger charge is 2.24. The van der Waals surface area contributed by atoms with Crippen molar-refractivity contribution in [1.29, 1.82) is 0 Å². The topological polar surface area (TPSA) is 85.6 Å². The van der Waals surface area contributed by atoms with Gasteiger partial charge < -0.3 is 5.32 Å². The van der Waals surface area contributed by atoms with Gasteiger partial charge in [0.25, 0.3) is 0 Å². The first-order valence-corrected chi connectivity index (χ1v) is 8.74. The average Bonchev–Trinajstić information content (AvgIpc) is 3.07. The summed E-state index contributed by atoms with van der Waals surface area (Å²) in [5, 5.41) is 7.27. The number of hydrogen-bond donors (Lipinski definition) is 1. The van der Waals surface area contributed by atoms with Crippen LogP contribution in [0.1, 0.15) is 35.8 Å². The molecular formula is C19H20N6O. The van der Waals surface area contributed by atoms with E-state index in [0.29, 0.717) is 5.82 Å². The molecule has 7 nitrogen and oxygen atoms in total. The van der Waals surface area contributed by atoms with E-state index in [0.717, 1.165) is 41.8 Å². The maximum absolute atomic E-state index is 12.4. The lowest BCUT2D eigenvalue weighted by atomic mass is 9.92. The van der Waals surface area contributed by atoms with Gasteiger partial charge in [0.15, 0.2) is 5.82 Å². The molecule has 0 unspecified atom stereocenters. The highest BCUT2D eigenvalue weighted by atomic mass is 16.2. The summed E-state index contributed by atoms with van der Waals surface area (Å²) < 4.78 is 1.70. The van der Waals surface area contributed by atoms with Gasteiger partial charge in [0.1, 0.15) is 6.54 Å². The lowest BCUT2D eigenvalue weighted by molar-refractivity contribution is -0.122. The number of pyridine rings is 1. The summed E-state index contributed by atoms with van der Waals surface area (Å²) in [4.78, 5) is 25.7. The third-order valence-corrected chi connectivity index (χ3v) is 4.66. The van der Waals surface area contributed by atoms with Crippen LogP contribution < -0.4 is 5.32 Å². The van der Waals surface area contributed by atoms with Crippen LogP contribution in [0.25, 0.3) is 11.4 Å². The molecular weight excluding hydrogens is 328 g/mol. The smallest absolute Gasteiger partial charge is 0.242 e. The van der Waals surface area contributed by atoms with Crippen LogP contribution in [0, 0.1) is 6.92 Å². The van der Waals surface area contributed by atoms with Crippen LogP contribution >= 0.6 is 0 Å². The maximum Gasteiger partial charge on any atom is 0.242 e. The summed E-state index contributed by atoms with van der Waals surface area (Å²) in [6.45, 7) is 2.16. The Morgan fingerprint density at radius 2 is 2.23 bits per heavy atom. The van der Waals surface area contributed by atoms with Crippen molar-refractivity contribution in [3.05, 3.63) is 59.9 Å². The number of rotatable bonds is 4. The molecule has 0 aliphatic heterocycles. The molecule has 1 aliphatic carbocycles. The molecule has 1 aliphatic rings. The first-order valence-electron chi connectivity index (χ1n) is 8.74. The second-order valence-electron chi connectivity index (χ2n) is 6.48. The third kappa shape index (κ3) is 3.33. The Hall–Kier alpha value is -3.09. The van der Waals surface area contributed by atoms with E-state index in [4.69, 9.17) is 4.98 Å². The monoisotopic (exact) mass is 348 g/mol. The van der Waals surface area contributed by atoms with Crippen LogP contribution in [-0.2, 0) is 17.8 Å². The predicted molar refractivity (Wildman–Crippen MR) is 96.0 cm³/mol. The van der Waals surface area contributed by atoms with Crippen LogP contribution in [-0.4, -0.2) is 30.6 Å². The Morgan fingerprint density at radius 3 is 3.00 bits per heavy atom. The van der Waals surface area contributed by atoms with Gasteiger partial charge >= 0.3 is 0 Å². The van der Waals surface area contributed by atoms with Crippen molar-refractivity contribution in [2.45, 2.75) is 38.8 Å². The lowest BCUT2D eigenvalue weighted by Crippen LogP contribution is -2.34. The summed E-state index contributed by atoms with van der Waals surface area (Å²) >= 11 is 0. The van der Waals surface area contributed by atoms with E-state index >= 15 is 0 Å². The van der Waals surface area contributed by atoms with Crippen molar-refractivity contribution in [2.24, 2.45) is 0 Å². The Bertz CT molecular complexity index is 921. The van der Waals surface area contributed by atoms with Gasteiger partial charge in [0.2, 0.25) is 5.91 Å². The van der Waals surface area contributed by atoms with Crippen molar-refractivity contribution < 1.29 is 4.79 Å². The number of fused-ring (bicyclic) bond motifs is 1. The molecule has 7 heteroatoms. The lowest BCUT2D eigenvalue weighted by Gasteiger charge is -2.25. The van der Waals surface area contributed by atoms with Crippen molar-refractivity contribution >= 4 is 5.91 Å². The first kappa shape index (κ1) is 16.4. The maximum atomic E-state index is 12.4. The van der Waals surface area contributed by atoms with Gasteiger partial charge in [-0.15, -0.1) is 0 Å². The largest absolute Gasteiger partial charge is 0.348 e. The van der Waals surface area contributed by atoms with E-state index in [2.05, 4.69) is 20.4 Å². The number of nitrogens with one attached hydrogen (secondary N) is 1. The van der Waals surface area contributed by atoms with Crippen molar-refractivity contribution in [3.8, 4) is 11.4 Å². The molecule has 0 saturated carbocycles. The first-order chi connectivity index (χ1) is 12.7. The zero-order valence-corrected chi connectivity index (χ0v) is 14.6. The molecule has 3 aromatic rings. The molecule has 26 heavy (non-hydrogen) atoms. The number of aromatic nitrogens is 5. The van der Waals surface area contributed by atoms with Gasteiger partial charge in [-0.3, -0.25) is 14.5 Å². The highest BCUT2D eigenvalue weighted by molar-refractivity contribution is 5.76. The summed E-state index contributed by atoms with van der Waals surface area (Å²) in [5.41, 5.74) is 3.88. The quantitative estimate of drug-likeness (QED) is 0.781. The number of hydrogen-bond acceptors (Lipinski definition) is 5. The zero-order chi connectivity index (χ0) is 17.9. The molecule has 3 heterocycles. The number of nitrogens with zero attached hydrogens (tertiary/aromatic N) is 5. The summed E-state index contributed by atoms with van der Waals surface area (Å²) in [7, 11) is 0. The highest BCUT2D eigenvalue weighted by Crippen LogP contribution is 2.29. The SMILES string of the molecule is Cc1ccnn1CC(=O)N[C@@H]1CCCc2nc(-c3cccnc3)ncc21. The minimum atomic E-state index is -0.0509. The van der Waals surface area contributed by atoms with Gasteiger partial charge in [-0.1, -0.05) is 0 Å². The number of amides is 1. The van der Waals surface area contributed by atoms with Crippen molar-refractivity contribution in [1.82, 2.24) is 30.0 Å². The van der Waals surface area contributed by atoms with Crippen LogP contribution in [0.2, 0.25) is 0 Å². The van der Waals surface area contributed by atoms with Crippen LogP contribution in [0.3, 0.4) is 0 Å². The van der Waals surface area contributed by atoms with Crippen molar-refractivity contribution in [2.75, 3.05) is 0 Å². The average molecular weight is 348 g/mol. The Morgan fingerprint density at radius 1 is 1.31 bits per heavy atom. The molecule has 0 fully saturated rings. The number of aryl methyl sites for hydroxylation is 2. The molecule has 0 aromatic carbocycles. The Kier molecular flexibility index (Phi) is 4.43. The third-order valence-electron chi connectivity index (χ3n) is 4.66. The van der Waals surface area contributed by atoms with Gasteiger partial charge in [-0.05, 0) is 44.4 Å². The molecule has 0 spiro atoms. The number of carbonyl (C=O) groups is 1. The second kappa shape index (κ2) is 7.03. The molecule has 0 saturated heterocycles. The molecule has 1 amide bonds. The fourth-order valence-corrected chi connectivity index (χ4v) is 3.27. The van der Waals surface area contributed by atoms with Crippen LogP contribution in [0.5, 0.6) is 0 Å². The minimum absolute atomic E-state index is 0.0500. The summed E-state index contributed by atoms with van der Waals surface area (Å²) in [6.07, 6.45) is 9.82. The molecule has 1 atom stereocenters. The van der Waals surface area contributed by atoms with Crippen LogP contribution in [0.4, 0.5) is 0 Å². The fraction of sp³-hybridized carbons (Fsp3) is 0.316. The molecule has 1 N–H and O–H groups in total. The Labute approximate surface area is 151 Å². The standard InChI is InChI=1S/C19H20N6O/c1-13-7-9-22-25(13)12-18(26)23-16-5-2-6-17-15(16)11-21-19(24-17)14-4-3-8-20-10-14/h3-4,7-11,16H,2,5-6,12H2,1H3,(H,23,26)/t16-/m1/s1. The van der Waals surface area contributed by atoms with E-state index in [9.17, 15) is 4.79 Å². The molecule has 3 aromatic heterocycles. The predicted octanol–water partition coefficient (Wildman–Crippen LogP) is 2.24. The van der Waals surface area contributed by atoms with E-state index in [1.165, 1.54) is 0 Å². The van der Waals surface area contributed by atoms with Gasteiger partial charge in [-0.25, -0.2) is 9.97 Å². The van der Waals surface area contributed by atoms with Gasteiger partial charge in [0, 0.05) is 47.3 Å². The van der Waals surface area contributed by atoms with E-state index in [-0.39, 0.29) is 18.5 Å². The normalized spacial score (nSPS) is 16.1. The Balaban J connectivity index is 1.52. The second-order valence-corrected chi connectivity index (χ2v) is 6.48. The molecule has 132 valence electrons. The van der Waals surface area contributed by atoms with Crippen LogP contribution in [0.15, 0.2) is 43.0 Å². The van der Waals surface area contributed by atoms with Gasteiger partial charge in [-0.2, -0.15) is 5.10 Å². The summed E-state index contributed by atoms with van der Waals surface area (Å²) in [5.74, 6) is 0.627. The summed E-state index contributed by atoms with van der Waals surface area (Å²) in [6, 6.07) is 5.66. The number of carbonyl (C=O) groups excluding carboxylic acids is 1.